The summed E-state index contributed by atoms with van der Waals surface area (Å²) in [7, 11) is 0. The average molecular weight is 436 g/mol. The molecule has 2 aromatic rings. The van der Waals surface area contributed by atoms with E-state index in [-0.39, 0.29) is 0 Å². The standard InChI is InChI=1S/C19H25N5O5S/c1-6-19(5)17(27)24(18(28)20-19)22-14(25)9-29-16(26)13-7-12-11(4)21-23(8-10(2)3)15(12)30-13/h7,10H,6,8-9H2,1-5H3,(H,20,28)(H,22,25). The highest BCUT2D eigenvalue weighted by Crippen LogP contribution is 2.29. The number of carbonyl (C=O) groups excluding carboxylic acids is 4. The molecule has 2 N–H and O–H groups in total. The van der Waals surface area contributed by atoms with E-state index < -0.39 is 36.0 Å². The first-order chi connectivity index (χ1) is 14.1. The fourth-order valence-electron chi connectivity index (χ4n) is 3.07. The van der Waals surface area contributed by atoms with Crippen molar-refractivity contribution in [3.05, 3.63) is 16.6 Å². The molecule has 1 atom stereocenters. The SMILES string of the molecule is CCC1(C)NC(=O)N(NC(=O)COC(=O)c2cc3c(C)nn(CC(C)C)c3s2)C1=O. The van der Waals surface area contributed by atoms with Crippen LogP contribution in [0.4, 0.5) is 4.79 Å². The average Bonchev–Trinajstić information content (AvgIpc) is 3.30. The summed E-state index contributed by atoms with van der Waals surface area (Å²) in [5.41, 5.74) is 1.93. The summed E-state index contributed by atoms with van der Waals surface area (Å²) in [5.74, 6) is -1.61. The topological polar surface area (TPSA) is 123 Å². The van der Waals surface area contributed by atoms with Gasteiger partial charge in [-0.25, -0.2) is 9.59 Å². The highest BCUT2D eigenvalue weighted by atomic mass is 32.1. The summed E-state index contributed by atoms with van der Waals surface area (Å²) in [4.78, 5) is 49.9. The van der Waals surface area contributed by atoms with Crippen molar-refractivity contribution in [2.45, 2.75) is 53.1 Å². The minimum Gasteiger partial charge on any atom is -0.451 e. The van der Waals surface area contributed by atoms with Crippen molar-refractivity contribution in [2.24, 2.45) is 5.92 Å². The van der Waals surface area contributed by atoms with Crippen molar-refractivity contribution in [2.75, 3.05) is 6.61 Å². The number of imide groups is 1. The fraction of sp³-hybridized carbons (Fsp3) is 0.526. The fourth-order valence-corrected chi connectivity index (χ4v) is 4.13. The minimum atomic E-state index is -1.07. The molecule has 2 aromatic heterocycles. The lowest BCUT2D eigenvalue weighted by molar-refractivity contribution is -0.139. The lowest BCUT2D eigenvalue weighted by atomic mass is 10.00. The van der Waals surface area contributed by atoms with E-state index in [1.54, 1.807) is 19.9 Å². The molecule has 1 unspecified atom stereocenters. The molecule has 1 fully saturated rings. The molecule has 3 rings (SSSR count). The molecule has 10 nitrogen and oxygen atoms in total. The Morgan fingerprint density at radius 2 is 2.07 bits per heavy atom. The number of hydrogen-bond acceptors (Lipinski definition) is 7. The number of thiophene rings is 1. The Morgan fingerprint density at radius 1 is 1.37 bits per heavy atom. The Labute approximate surface area is 177 Å². The van der Waals surface area contributed by atoms with Crippen LogP contribution in [0, 0.1) is 12.8 Å². The first kappa shape index (κ1) is 21.8. The van der Waals surface area contributed by atoms with Crippen LogP contribution in [0.1, 0.15) is 49.5 Å². The van der Waals surface area contributed by atoms with E-state index in [4.69, 9.17) is 4.74 Å². The van der Waals surface area contributed by atoms with Crippen LogP contribution < -0.4 is 10.7 Å². The van der Waals surface area contributed by atoms with Gasteiger partial charge in [-0.05, 0) is 32.3 Å². The van der Waals surface area contributed by atoms with Crippen LogP contribution in [0.2, 0.25) is 0 Å². The Kier molecular flexibility index (Phi) is 5.84. The molecule has 162 valence electrons. The molecule has 1 saturated heterocycles. The van der Waals surface area contributed by atoms with Gasteiger partial charge in [0.05, 0.1) is 5.69 Å². The van der Waals surface area contributed by atoms with Gasteiger partial charge in [-0.3, -0.25) is 19.7 Å². The van der Waals surface area contributed by atoms with Crippen molar-refractivity contribution in [3.63, 3.8) is 0 Å². The number of aromatic nitrogens is 2. The molecule has 0 aromatic carbocycles. The van der Waals surface area contributed by atoms with Gasteiger partial charge in [0, 0.05) is 11.9 Å². The molecule has 0 bridgehead atoms. The van der Waals surface area contributed by atoms with Gasteiger partial charge in [0.25, 0.3) is 11.8 Å². The van der Waals surface area contributed by atoms with Crippen LogP contribution in [0.5, 0.6) is 0 Å². The third kappa shape index (κ3) is 4.02. The summed E-state index contributed by atoms with van der Waals surface area (Å²) in [5, 5.41) is 8.50. The first-order valence-corrected chi connectivity index (χ1v) is 10.5. The van der Waals surface area contributed by atoms with Gasteiger partial charge in [0.15, 0.2) is 6.61 Å². The van der Waals surface area contributed by atoms with Gasteiger partial charge < -0.3 is 10.1 Å². The monoisotopic (exact) mass is 435 g/mol. The highest BCUT2D eigenvalue weighted by Gasteiger charge is 2.47. The van der Waals surface area contributed by atoms with Gasteiger partial charge in [-0.15, -0.1) is 11.3 Å². The second-order valence-corrected chi connectivity index (χ2v) is 8.89. The number of nitrogens with zero attached hydrogens (tertiary/aromatic N) is 3. The van der Waals surface area contributed by atoms with Crippen molar-refractivity contribution in [1.82, 2.24) is 25.5 Å². The van der Waals surface area contributed by atoms with E-state index in [0.29, 0.717) is 22.2 Å². The summed E-state index contributed by atoms with van der Waals surface area (Å²) in [6.07, 6.45) is 0.374. The second kappa shape index (κ2) is 8.05. The van der Waals surface area contributed by atoms with Crippen LogP contribution in [0.3, 0.4) is 0 Å². The molecule has 1 aliphatic rings. The van der Waals surface area contributed by atoms with E-state index in [9.17, 15) is 19.2 Å². The number of nitrogens with one attached hydrogen (secondary N) is 2. The lowest BCUT2D eigenvalue weighted by Gasteiger charge is -2.19. The zero-order valence-electron chi connectivity index (χ0n) is 17.6. The predicted molar refractivity (Wildman–Crippen MR) is 110 cm³/mol. The third-order valence-electron chi connectivity index (χ3n) is 4.89. The third-order valence-corrected chi connectivity index (χ3v) is 6.01. The number of carbonyl (C=O) groups is 4. The largest absolute Gasteiger partial charge is 0.451 e. The number of hydrazine groups is 1. The van der Waals surface area contributed by atoms with Gasteiger partial charge in [0.2, 0.25) is 0 Å². The van der Waals surface area contributed by atoms with Crippen LogP contribution >= 0.6 is 11.3 Å². The zero-order chi connectivity index (χ0) is 22.2. The molecule has 4 amide bonds. The Bertz CT molecular complexity index is 1030. The number of amides is 4. The molecule has 0 saturated carbocycles. The maximum absolute atomic E-state index is 12.4. The van der Waals surface area contributed by atoms with Crippen LogP contribution in [-0.2, 0) is 20.9 Å². The first-order valence-electron chi connectivity index (χ1n) is 9.66. The smallest absolute Gasteiger partial charge is 0.348 e. The summed E-state index contributed by atoms with van der Waals surface area (Å²) in [6.45, 7) is 9.46. The highest BCUT2D eigenvalue weighted by molar-refractivity contribution is 7.20. The van der Waals surface area contributed by atoms with Crippen molar-refractivity contribution in [1.29, 1.82) is 0 Å². The van der Waals surface area contributed by atoms with Crippen LogP contribution in [0.25, 0.3) is 10.2 Å². The number of urea groups is 1. The number of rotatable bonds is 7. The molecule has 0 spiro atoms. The van der Waals surface area contributed by atoms with Gasteiger partial charge in [-0.1, -0.05) is 20.8 Å². The summed E-state index contributed by atoms with van der Waals surface area (Å²) in [6, 6.07) is 0.975. The predicted octanol–water partition coefficient (Wildman–Crippen LogP) is 1.97. The van der Waals surface area contributed by atoms with E-state index in [2.05, 4.69) is 29.7 Å². The minimum absolute atomic E-state index is 0.351. The molecule has 1 aliphatic heterocycles. The Balaban J connectivity index is 1.62. The van der Waals surface area contributed by atoms with Gasteiger partial charge >= 0.3 is 12.0 Å². The number of hydrogen-bond donors (Lipinski definition) is 2. The van der Waals surface area contributed by atoms with Gasteiger partial charge in [0.1, 0.15) is 15.2 Å². The lowest BCUT2D eigenvalue weighted by Crippen LogP contribution is -2.49. The molecule has 3 heterocycles. The Morgan fingerprint density at radius 3 is 2.67 bits per heavy atom. The second-order valence-electron chi connectivity index (χ2n) is 7.86. The number of esters is 1. The van der Waals surface area contributed by atoms with Crippen LogP contribution in [-0.4, -0.2) is 50.7 Å². The maximum atomic E-state index is 12.4. The van der Waals surface area contributed by atoms with Crippen LogP contribution in [0.15, 0.2) is 6.07 Å². The number of aryl methyl sites for hydroxylation is 1. The molecular weight excluding hydrogens is 410 g/mol. The summed E-state index contributed by atoms with van der Waals surface area (Å²) < 4.78 is 6.94. The maximum Gasteiger partial charge on any atom is 0.348 e. The summed E-state index contributed by atoms with van der Waals surface area (Å²) >= 11 is 1.25. The molecular formula is C19H25N5O5S. The number of fused-ring (bicyclic) bond motifs is 1. The van der Waals surface area contributed by atoms with E-state index in [1.807, 2.05) is 11.6 Å². The van der Waals surface area contributed by atoms with Crippen molar-refractivity contribution >= 4 is 45.4 Å². The van der Waals surface area contributed by atoms with Crippen molar-refractivity contribution in [3.8, 4) is 0 Å². The molecule has 30 heavy (non-hydrogen) atoms. The van der Waals surface area contributed by atoms with Crippen molar-refractivity contribution < 1.29 is 23.9 Å². The zero-order valence-corrected chi connectivity index (χ0v) is 18.4. The molecule has 0 aliphatic carbocycles. The normalized spacial score (nSPS) is 18.9. The molecule has 11 heteroatoms. The van der Waals surface area contributed by atoms with Gasteiger partial charge in [-0.2, -0.15) is 10.1 Å². The Hall–Kier alpha value is -2.95. The quantitative estimate of drug-likeness (QED) is 0.506. The van der Waals surface area contributed by atoms with E-state index in [1.165, 1.54) is 11.3 Å². The van der Waals surface area contributed by atoms with E-state index >= 15 is 0 Å². The van der Waals surface area contributed by atoms with E-state index in [0.717, 1.165) is 22.5 Å². The molecule has 0 radical (unpaired) electrons. The number of ether oxygens (including phenoxy) is 1.